The molecule has 2 aromatic rings. The highest BCUT2D eigenvalue weighted by atomic mass is 35.5. The maximum Gasteiger partial charge on any atom is 0.232 e. The van der Waals surface area contributed by atoms with Gasteiger partial charge < -0.3 is 21.4 Å². The van der Waals surface area contributed by atoms with Crippen molar-refractivity contribution in [2.24, 2.45) is 5.73 Å². The van der Waals surface area contributed by atoms with Gasteiger partial charge in [-0.25, -0.2) is 9.97 Å². The molecule has 0 aromatic carbocycles. The third-order valence-corrected chi connectivity index (χ3v) is 3.37. The zero-order valence-electron chi connectivity index (χ0n) is 12.4. The van der Waals surface area contributed by atoms with E-state index in [9.17, 15) is 4.79 Å². The van der Waals surface area contributed by atoms with Crippen molar-refractivity contribution < 1.29 is 4.79 Å². The molecule has 0 fully saturated rings. The number of thiazole rings is 1. The van der Waals surface area contributed by atoms with Crippen LogP contribution in [-0.4, -0.2) is 33.2 Å². The molecule has 6 N–H and O–H groups in total. The highest BCUT2D eigenvalue weighted by Crippen LogP contribution is 2.17. The van der Waals surface area contributed by atoms with E-state index in [1.165, 1.54) is 11.3 Å². The summed E-state index contributed by atoms with van der Waals surface area (Å²) in [5.74, 6) is 0.0808. The Morgan fingerprint density at radius 2 is 2.13 bits per heavy atom. The molecule has 0 saturated carbocycles. The van der Waals surface area contributed by atoms with Gasteiger partial charge in [0.05, 0.1) is 0 Å². The summed E-state index contributed by atoms with van der Waals surface area (Å²) in [5.41, 5.74) is 5.78. The molecule has 0 aliphatic heterocycles. The van der Waals surface area contributed by atoms with Gasteiger partial charge in [-0.05, 0) is 6.42 Å². The summed E-state index contributed by atoms with van der Waals surface area (Å²) in [6.07, 6.45) is 3.68. The van der Waals surface area contributed by atoms with E-state index < -0.39 is 0 Å². The molecular weight excluding hydrogens is 361 g/mol. The van der Waals surface area contributed by atoms with E-state index in [-0.39, 0.29) is 42.3 Å². The first-order chi connectivity index (χ1) is 10.1. The molecular formula is C12H19Cl2N7OS. The van der Waals surface area contributed by atoms with Crippen molar-refractivity contribution in [3.63, 3.8) is 0 Å². The first-order valence-corrected chi connectivity index (χ1v) is 7.38. The highest BCUT2D eigenvalue weighted by molar-refractivity contribution is 7.14. The van der Waals surface area contributed by atoms with Crippen molar-refractivity contribution in [1.82, 2.24) is 15.0 Å². The predicted octanol–water partition coefficient (Wildman–Crippen LogP) is 2.46. The number of hydrogen-bond donors (Lipinski definition) is 5. The average molecular weight is 380 g/mol. The van der Waals surface area contributed by atoms with Crippen LogP contribution in [0.1, 0.15) is 35.9 Å². The smallest absolute Gasteiger partial charge is 0.232 e. The molecule has 0 radical (unpaired) electrons. The number of nitrogens with two attached hydrogens (primary N) is 1. The molecule has 0 aliphatic carbocycles. The minimum absolute atomic E-state index is 0. The van der Waals surface area contributed by atoms with Crippen molar-refractivity contribution in [3.05, 3.63) is 23.0 Å². The fraction of sp³-hybridized carbons (Fsp3) is 0.333. The summed E-state index contributed by atoms with van der Waals surface area (Å²) in [6, 6.07) is 0. The van der Waals surface area contributed by atoms with Crippen LogP contribution in [0.5, 0.6) is 0 Å². The second-order valence-electron chi connectivity index (χ2n) is 4.32. The van der Waals surface area contributed by atoms with Crippen LogP contribution in [0.2, 0.25) is 0 Å². The Hall–Kier alpha value is -1.84. The van der Waals surface area contributed by atoms with Crippen LogP contribution >= 0.6 is 36.2 Å². The number of ketones is 1. The molecule has 128 valence electrons. The number of guanidine groups is 1. The molecule has 0 atom stereocenters. The van der Waals surface area contributed by atoms with Gasteiger partial charge in [0, 0.05) is 18.1 Å². The maximum absolute atomic E-state index is 12.2. The SMILES string of the molecule is CCCCNc1nc(C(=O)c2csc(NC(=N)N)n2)c[nH]1.Cl.Cl. The van der Waals surface area contributed by atoms with Gasteiger partial charge in [-0.2, -0.15) is 0 Å². The number of carbonyl (C=O) groups excluding carboxylic acids is 1. The van der Waals surface area contributed by atoms with Gasteiger partial charge in [-0.3, -0.25) is 10.2 Å². The minimum atomic E-state index is -0.275. The molecule has 0 amide bonds. The number of aromatic amines is 1. The Morgan fingerprint density at radius 3 is 2.78 bits per heavy atom. The van der Waals surface area contributed by atoms with Gasteiger partial charge >= 0.3 is 0 Å². The molecule has 23 heavy (non-hydrogen) atoms. The summed E-state index contributed by atoms with van der Waals surface area (Å²) in [5, 5.41) is 14.8. The topological polar surface area (TPSA) is 133 Å². The van der Waals surface area contributed by atoms with Crippen molar-refractivity contribution in [2.45, 2.75) is 19.8 Å². The van der Waals surface area contributed by atoms with Gasteiger partial charge in [0.1, 0.15) is 11.4 Å². The second kappa shape index (κ2) is 10.0. The van der Waals surface area contributed by atoms with Gasteiger partial charge in [0.15, 0.2) is 11.1 Å². The third-order valence-electron chi connectivity index (χ3n) is 2.61. The Morgan fingerprint density at radius 1 is 1.39 bits per heavy atom. The fourth-order valence-corrected chi connectivity index (χ4v) is 2.30. The van der Waals surface area contributed by atoms with E-state index >= 15 is 0 Å². The lowest BCUT2D eigenvalue weighted by molar-refractivity contribution is 0.103. The number of nitrogens with one attached hydrogen (secondary N) is 4. The number of carbonyl (C=O) groups is 1. The molecule has 0 saturated heterocycles. The summed E-state index contributed by atoms with van der Waals surface area (Å²) in [6.45, 7) is 2.91. The number of H-pyrrole nitrogens is 1. The number of imidazole rings is 1. The lowest BCUT2D eigenvalue weighted by atomic mass is 10.2. The molecule has 0 aliphatic rings. The lowest BCUT2D eigenvalue weighted by Crippen LogP contribution is -2.20. The van der Waals surface area contributed by atoms with Crippen LogP contribution in [-0.2, 0) is 0 Å². The van der Waals surface area contributed by atoms with E-state index in [0.29, 0.717) is 16.8 Å². The molecule has 0 spiro atoms. The molecule has 2 rings (SSSR count). The van der Waals surface area contributed by atoms with Gasteiger partial charge in [-0.1, -0.05) is 13.3 Å². The predicted molar refractivity (Wildman–Crippen MR) is 97.6 cm³/mol. The molecule has 0 bridgehead atoms. The highest BCUT2D eigenvalue weighted by Gasteiger charge is 2.16. The summed E-state index contributed by atoms with van der Waals surface area (Å²) in [4.78, 5) is 23.4. The minimum Gasteiger partial charge on any atom is -0.370 e. The van der Waals surface area contributed by atoms with Crippen molar-refractivity contribution in [3.8, 4) is 0 Å². The number of nitrogens with zero attached hydrogens (tertiary/aromatic N) is 2. The van der Waals surface area contributed by atoms with Crippen molar-refractivity contribution in [2.75, 3.05) is 17.2 Å². The van der Waals surface area contributed by atoms with E-state index in [0.717, 1.165) is 19.4 Å². The van der Waals surface area contributed by atoms with E-state index in [1.807, 2.05) is 0 Å². The Balaban J connectivity index is 0.00000242. The van der Waals surface area contributed by atoms with Crippen LogP contribution in [0.4, 0.5) is 11.1 Å². The molecule has 11 heteroatoms. The summed E-state index contributed by atoms with van der Waals surface area (Å²) >= 11 is 1.21. The number of hydrogen-bond acceptors (Lipinski definition) is 6. The third kappa shape index (κ3) is 6.05. The normalized spacial score (nSPS) is 9.43. The van der Waals surface area contributed by atoms with Crippen LogP contribution < -0.4 is 16.4 Å². The summed E-state index contributed by atoms with van der Waals surface area (Å²) < 4.78 is 0. The molecule has 2 heterocycles. The largest absolute Gasteiger partial charge is 0.370 e. The number of rotatable bonds is 7. The Labute approximate surface area is 150 Å². The fourth-order valence-electron chi connectivity index (χ4n) is 1.59. The zero-order chi connectivity index (χ0) is 15.2. The number of anilines is 2. The molecule has 2 aromatic heterocycles. The van der Waals surface area contributed by atoms with Gasteiger partial charge in [0.25, 0.3) is 0 Å². The van der Waals surface area contributed by atoms with Gasteiger partial charge in [0.2, 0.25) is 11.7 Å². The average Bonchev–Trinajstić information content (AvgIpc) is 3.07. The number of unbranched alkanes of at least 4 members (excludes halogenated alkanes) is 1. The Kier molecular flexibility index (Phi) is 9.23. The zero-order valence-corrected chi connectivity index (χ0v) is 14.8. The molecule has 8 nitrogen and oxygen atoms in total. The van der Waals surface area contributed by atoms with Crippen LogP contribution in [0, 0.1) is 5.41 Å². The number of aromatic nitrogens is 3. The van der Waals surface area contributed by atoms with Crippen molar-refractivity contribution >= 4 is 59.0 Å². The Bertz CT molecular complexity index is 643. The number of halogens is 2. The van der Waals surface area contributed by atoms with Crippen LogP contribution in [0.15, 0.2) is 11.6 Å². The van der Waals surface area contributed by atoms with Crippen LogP contribution in [0.25, 0.3) is 0 Å². The van der Waals surface area contributed by atoms with E-state index in [1.54, 1.807) is 11.6 Å². The monoisotopic (exact) mass is 379 g/mol. The standard InChI is InChI=1S/C12H17N7OS.2ClH/c1-2-3-4-15-11-16-5-7(17-11)9(20)8-6-21-12(18-8)19-10(13)14;;/h5-6H,2-4H2,1H3,(H2,15,16,17)(H4,13,14,18,19);2*1H. The quantitative estimate of drug-likeness (QED) is 0.217. The van der Waals surface area contributed by atoms with Gasteiger partial charge in [-0.15, -0.1) is 36.2 Å². The first-order valence-electron chi connectivity index (χ1n) is 6.50. The van der Waals surface area contributed by atoms with E-state index in [4.69, 9.17) is 11.1 Å². The molecule has 0 unspecified atom stereocenters. The van der Waals surface area contributed by atoms with Crippen molar-refractivity contribution in [1.29, 1.82) is 5.41 Å². The lowest BCUT2D eigenvalue weighted by Gasteiger charge is -1.99. The summed E-state index contributed by atoms with van der Waals surface area (Å²) in [7, 11) is 0. The van der Waals surface area contributed by atoms with E-state index in [2.05, 4.69) is 32.5 Å². The van der Waals surface area contributed by atoms with Crippen LogP contribution in [0.3, 0.4) is 0 Å². The first kappa shape index (κ1) is 21.2. The second-order valence-corrected chi connectivity index (χ2v) is 5.18. The maximum atomic E-state index is 12.2.